The van der Waals surface area contributed by atoms with Crippen LogP contribution >= 0.6 is 15.9 Å². The van der Waals surface area contributed by atoms with E-state index in [0.717, 1.165) is 22.3 Å². The van der Waals surface area contributed by atoms with Gasteiger partial charge in [-0.15, -0.1) is 0 Å². The molecule has 104 valence electrons. The van der Waals surface area contributed by atoms with Gasteiger partial charge in [-0.25, -0.2) is 0 Å². The lowest BCUT2D eigenvalue weighted by molar-refractivity contribution is -0.149. The molecule has 19 heavy (non-hydrogen) atoms. The van der Waals surface area contributed by atoms with E-state index < -0.39 is 0 Å². The van der Waals surface area contributed by atoms with E-state index >= 15 is 0 Å². The highest BCUT2D eigenvalue weighted by atomic mass is 79.9. The van der Waals surface area contributed by atoms with Gasteiger partial charge in [-0.1, -0.05) is 6.92 Å². The quantitative estimate of drug-likeness (QED) is 0.825. The molecular formula is C12H17BrN4O2. The van der Waals surface area contributed by atoms with E-state index in [4.69, 9.17) is 0 Å². The minimum absolute atomic E-state index is 0.192. The highest BCUT2D eigenvalue weighted by Crippen LogP contribution is 2.23. The summed E-state index contributed by atoms with van der Waals surface area (Å²) >= 11 is 3.50. The van der Waals surface area contributed by atoms with Crippen LogP contribution in [0.15, 0.2) is 4.47 Å². The average Bonchev–Trinajstić information content (AvgIpc) is 2.65. The Morgan fingerprint density at radius 3 is 2.74 bits per heavy atom. The number of nitrogens with one attached hydrogen (secondary N) is 1. The van der Waals surface area contributed by atoms with Crippen LogP contribution in [0.3, 0.4) is 0 Å². The number of hydrogen-bond donors (Lipinski definition) is 1. The van der Waals surface area contributed by atoms with Crippen molar-refractivity contribution in [3.63, 3.8) is 0 Å². The van der Waals surface area contributed by atoms with Gasteiger partial charge in [-0.3, -0.25) is 24.5 Å². The molecule has 0 aliphatic carbocycles. The summed E-state index contributed by atoms with van der Waals surface area (Å²) in [5.41, 5.74) is 1.77. The standard InChI is InChI=1S/C12H17BrN4O2/c1-4-8-11(13)9(16(3)15-8)6-17-10(18)5-14-7(2)12(17)19/h7,14H,4-6H2,1-3H3. The molecule has 1 unspecified atom stereocenters. The summed E-state index contributed by atoms with van der Waals surface area (Å²) in [6.07, 6.45) is 0.800. The number of amides is 2. The first-order valence-corrected chi connectivity index (χ1v) is 7.02. The predicted molar refractivity (Wildman–Crippen MR) is 73.3 cm³/mol. The molecule has 0 radical (unpaired) electrons. The summed E-state index contributed by atoms with van der Waals surface area (Å²) in [6.45, 7) is 4.23. The number of halogens is 1. The van der Waals surface area contributed by atoms with Crippen LogP contribution in [0.1, 0.15) is 25.2 Å². The highest BCUT2D eigenvalue weighted by molar-refractivity contribution is 9.10. The van der Waals surface area contributed by atoms with Crippen LogP contribution in [-0.4, -0.2) is 39.1 Å². The van der Waals surface area contributed by atoms with Crippen LogP contribution < -0.4 is 5.32 Å². The van der Waals surface area contributed by atoms with Crippen molar-refractivity contribution >= 4 is 27.7 Å². The Morgan fingerprint density at radius 1 is 1.47 bits per heavy atom. The first-order valence-electron chi connectivity index (χ1n) is 6.23. The Morgan fingerprint density at radius 2 is 2.16 bits per heavy atom. The number of aryl methyl sites for hydroxylation is 2. The van der Waals surface area contributed by atoms with Crippen molar-refractivity contribution in [2.45, 2.75) is 32.9 Å². The summed E-state index contributed by atoms with van der Waals surface area (Å²) in [5.74, 6) is -0.392. The molecule has 2 heterocycles. The van der Waals surface area contributed by atoms with Crippen molar-refractivity contribution < 1.29 is 9.59 Å². The number of carbonyl (C=O) groups excluding carboxylic acids is 2. The van der Waals surface area contributed by atoms with Crippen molar-refractivity contribution in [1.82, 2.24) is 20.0 Å². The molecular weight excluding hydrogens is 312 g/mol. The molecule has 0 aromatic carbocycles. The molecule has 2 rings (SSSR count). The zero-order chi connectivity index (χ0) is 14.2. The van der Waals surface area contributed by atoms with E-state index in [2.05, 4.69) is 26.3 Å². The molecule has 0 saturated carbocycles. The summed E-state index contributed by atoms with van der Waals surface area (Å²) < 4.78 is 2.60. The van der Waals surface area contributed by atoms with Crippen molar-refractivity contribution in [1.29, 1.82) is 0 Å². The van der Waals surface area contributed by atoms with Gasteiger partial charge in [0.1, 0.15) is 0 Å². The number of hydrogen-bond acceptors (Lipinski definition) is 4. The van der Waals surface area contributed by atoms with E-state index in [0.29, 0.717) is 0 Å². The smallest absolute Gasteiger partial charge is 0.246 e. The van der Waals surface area contributed by atoms with Crippen LogP contribution in [0.2, 0.25) is 0 Å². The fourth-order valence-electron chi connectivity index (χ4n) is 2.09. The van der Waals surface area contributed by atoms with Gasteiger partial charge in [0, 0.05) is 7.05 Å². The third kappa shape index (κ3) is 2.57. The average molecular weight is 329 g/mol. The maximum Gasteiger partial charge on any atom is 0.246 e. The molecule has 2 amide bonds. The second-order valence-corrected chi connectivity index (χ2v) is 5.40. The minimum Gasteiger partial charge on any atom is -0.298 e. The summed E-state index contributed by atoms with van der Waals surface area (Å²) in [5, 5.41) is 7.24. The summed E-state index contributed by atoms with van der Waals surface area (Å²) in [7, 11) is 1.82. The molecule has 1 saturated heterocycles. The second-order valence-electron chi connectivity index (χ2n) is 4.61. The number of piperazine rings is 1. The van der Waals surface area contributed by atoms with Crippen molar-refractivity contribution in [3.8, 4) is 0 Å². The Labute approximate surface area is 120 Å². The second kappa shape index (κ2) is 5.42. The van der Waals surface area contributed by atoms with Crippen LogP contribution in [-0.2, 0) is 29.6 Å². The van der Waals surface area contributed by atoms with Gasteiger partial charge in [0.25, 0.3) is 0 Å². The van der Waals surface area contributed by atoms with Crippen LogP contribution in [0.25, 0.3) is 0 Å². The molecule has 1 atom stereocenters. The van der Waals surface area contributed by atoms with Gasteiger partial charge >= 0.3 is 0 Å². The monoisotopic (exact) mass is 328 g/mol. The fourth-order valence-corrected chi connectivity index (χ4v) is 2.83. The Kier molecular flexibility index (Phi) is 4.05. The van der Waals surface area contributed by atoms with Crippen LogP contribution in [0.5, 0.6) is 0 Å². The zero-order valence-corrected chi connectivity index (χ0v) is 12.8. The minimum atomic E-state index is -0.324. The number of rotatable bonds is 3. The summed E-state index contributed by atoms with van der Waals surface area (Å²) in [6, 6.07) is -0.324. The van der Waals surface area contributed by atoms with Gasteiger partial charge in [0.05, 0.1) is 35.0 Å². The molecule has 1 aliphatic heterocycles. The molecule has 1 aromatic rings. The van der Waals surface area contributed by atoms with Gasteiger partial charge < -0.3 is 0 Å². The van der Waals surface area contributed by atoms with E-state index in [1.54, 1.807) is 11.6 Å². The lowest BCUT2D eigenvalue weighted by Crippen LogP contribution is -2.56. The Bertz CT molecular complexity index is 526. The number of imide groups is 1. The normalized spacial score (nSPS) is 20.2. The number of nitrogens with zero attached hydrogens (tertiary/aromatic N) is 3. The zero-order valence-electron chi connectivity index (χ0n) is 11.2. The first-order chi connectivity index (χ1) is 8.95. The maximum atomic E-state index is 12.0. The third-order valence-corrected chi connectivity index (χ3v) is 4.22. The Balaban J connectivity index is 2.27. The van der Waals surface area contributed by atoms with Crippen LogP contribution in [0, 0.1) is 0 Å². The molecule has 7 heteroatoms. The molecule has 1 fully saturated rings. The summed E-state index contributed by atoms with van der Waals surface area (Å²) in [4.78, 5) is 25.2. The maximum absolute atomic E-state index is 12.0. The lowest BCUT2D eigenvalue weighted by Gasteiger charge is -2.29. The largest absolute Gasteiger partial charge is 0.298 e. The van der Waals surface area contributed by atoms with E-state index in [9.17, 15) is 9.59 Å². The van der Waals surface area contributed by atoms with Crippen molar-refractivity contribution in [2.75, 3.05) is 6.54 Å². The Hall–Kier alpha value is -1.21. The topological polar surface area (TPSA) is 67.2 Å². The predicted octanol–water partition coefficient (Wildman–Crippen LogP) is 0.592. The first kappa shape index (κ1) is 14.2. The van der Waals surface area contributed by atoms with Gasteiger partial charge in [-0.2, -0.15) is 5.10 Å². The fraction of sp³-hybridized carbons (Fsp3) is 0.583. The molecule has 0 bridgehead atoms. The molecule has 1 aliphatic rings. The third-order valence-electron chi connectivity index (χ3n) is 3.31. The lowest BCUT2D eigenvalue weighted by atomic mass is 10.2. The molecule has 1 aromatic heterocycles. The molecule has 1 N–H and O–H groups in total. The van der Waals surface area contributed by atoms with Gasteiger partial charge in [0.15, 0.2) is 0 Å². The molecule has 6 nitrogen and oxygen atoms in total. The van der Waals surface area contributed by atoms with Crippen LogP contribution in [0.4, 0.5) is 0 Å². The van der Waals surface area contributed by atoms with Gasteiger partial charge in [-0.05, 0) is 29.3 Å². The SMILES string of the molecule is CCc1nn(C)c(CN2C(=O)CNC(C)C2=O)c1Br. The number of aromatic nitrogens is 2. The van der Waals surface area contributed by atoms with Crippen molar-refractivity contribution in [3.05, 3.63) is 15.9 Å². The molecule has 0 spiro atoms. The van der Waals surface area contributed by atoms with E-state index in [1.807, 2.05) is 14.0 Å². The number of carbonyl (C=O) groups is 2. The van der Waals surface area contributed by atoms with Gasteiger partial charge in [0.2, 0.25) is 11.8 Å². The van der Waals surface area contributed by atoms with E-state index in [-0.39, 0.29) is 30.9 Å². The van der Waals surface area contributed by atoms with Crippen molar-refractivity contribution in [2.24, 2.45) is 7.05 Å². The van der Waals surface area contributed by atoms with E-state index in [1.165, 1.54) is 4.90 Å². The highest BCUT2D eigenvalue weighted by Gasteiger charge is 2.32.